The number of ether oxygens (including phenoxy) is 1. The molecule has 0 bridgehead atoms. The minimum atomic E-state index is 0.175. The number of para-hydroxylation sites is 1. The number of hydrogen-bond acceptors (Lipinski definition) is 4. The minimum Gasteiger partial charge on any atom is -0.491 e. The van der Waals surface area contributed by atoms with Crippen LogP contribution < -0.4 is 10.1 Å². The predicted molar refractivity (Wildman–Crippen MR) is 95.6 cm³/mol. The highest BCUT2D eigenvalue weighted by molar-refractivity contribution is 6.32. The summed E-state index contributed by atoms with van der Waals surface area (Å²) in [6.45, 7) is 6.83. The van der Waals surface area contributed by atoms with Crippen LogP contribution >= 0.6 is 11.6 Å². The highest BCUT2D eigenvalue weighted by Crippen LogP contribution is 2.23. The van der Waals surface area contributed by atoms with Crippen LogP contribution in [0.1, 0.15) is 12.8 Å². The molecule has 1 aromatic carbocycles. The van der Waals surface area contributed by atoms with Crippen molar-refractivity contribution in [3.8, 4) is 5.75 Å². The Balaban J connectivity index is 1.37. The van der Waals surface area contributed by atoms with E-state index in [1.165, 1.54) is 0 Å². The molecule has 24 heavy (non-hydrogen) atoms. The molecule has 2 heterocycles. The van der Waals surface area contributed by atoms with Crippen LogP contribution in [-0.2, 0) is 4.79 Å². The first-order chi connectivity index (χ1) is 11.7. The molecule has 6 heteroatoms. The molecule has 1 amide bonds. The van der Waals surface area contributed by atoms with Crippen molar-refractivity contribution in [3.05, 3.63) is 29.3 Å². The largest absolute Gasteiger partial charge is 0.491 e. The molecule has 0 radical (unpaired) electrons. The molecular formula is C18H26ClN3O2. The van der Waals surface area contributed by atoms with Gasteiger partial charge < -0.3 is 15.0 Å². The monoisotopic (exact) mass is 351 g/mol. The maximum Gasteiger partial charge on any atom is 0.227 e. The topological polar surface area (TPSA) is 44.8 Å². The standard InChI is InChI=1S/C18H26ClN3O2/c19-16-5-1-2-6-17(16)24-13-12-21-8-10-22(11-9-21)18(23)15-4-3-7-20-14-15/h1-2,5-6,15,20H,3-4,7-14H2. The van der Waals surface area contributed by atoms with E-state index in [2.05, 4.69) is 10.2 Å². The lowest BCUT2D eigenvalue weighted by Crippen LogP contribution is -2.52. The van der Waals surface area contributed by atoms with E-state index in [0.717, 1.165) is 64.4 Å². The molecule has 1 atom stereocenters. The molecule has 1 aromatic rings. The second kappa shape index (κ2) is 8.70. The molecule has 2 saturated heterocycles. The lowest BCUT2D eigenvalue weighted by molar-refractivity contribution is -0.137. The molecule has 0 aromatic heterocycles. The zero-order chi connectivity index (χ0) is 16.8. The van der Waals surface area contributed by atoms with Crippen LogP contribution in [-0.4, -0.2) is 68.1 Å². The molecule has 1 unspecified atom stereocenters. The van der Waals surface area contributed by atoms with Crippen molar-refractivity contribution in [2.24, 2.45) is 5.92 Å². The van der Waals surface area contributed by atoms with Crippen molar-refractivity contribution in [3.63, 3.8) is 0 Å². The molecule has 2 fully saturated rings. The Labute approximate surface area is 148 Å². The Bertz CT molecular complexity index is 541. The molecule has 0 spiro atoms. The van der Waals surface area contributed by atoms with Gasteiger partial charge in [0.2, 0.25) is 5.91 Å². The number of piperidine rings is 1. The molecule has 3 rings (SSSR count). The van der Waals surface area contributed by atoms with Crippen LogP contribution in [0.5, 0.6) is 5.75 Å². The molecule has 132 valence electrons. The van der Waals surface area contributed by atoms with Gasteiger partial charge in [0, 0.05) is 39.3 Å². The lowest BCUT2D eigenvalue weighted by atomic mass is 9.98. The van der Waals surface area contributed by atoms with Gasteiger partial charge in [-0.2, -0.15) is 0 Å². The Hall–Kier alpha value is -1.30. The van der Waals surface area contributed by atoms with E-state index in [-0.39, 0.29) is 5.92 Å². The fourth-order valence-electron chi connectivity index (χ4n) is 3.36. The van der Waals surface area contributed by atoms with E-state index in [1.54, 1.807) is 0 Å². The number of piperazine rings is 1. The number of nitrogens with one attached hydrogen (secondary N) is 1. The van der Waals surface area contributed by atoms with Gasteiger partial charge in [-0.05, 0) is 31.5 Å². The second-order valence-electron chi connectivity index (χ2n) is 6.49. The Morgan fingerprint density at radius 2 is 2.04 bits per heavy atom. The Morgan fingerprint density at radius 1 is 1.25 bits per heavy atom. The average molecular weight is 352 g/mol. The molecule has 1 N–H and O–H groups in total. The highest BCUT2D eigenvalue weighted by Gasteiger charge is 2.28. The van der Waals surface area contributed by atoms with Gasteiger partial charge in [0.15, 0.2) is 0 Å². The predicted octanol–water partition coefficient (Wildman–Crippen LogP) is 1.86. The number of halogens is 1. The normalized spacial score (nSPS) is 22.4. The number of benzene rings is 1. The summed E-state index contributed by atoms with van der Waals surface area (Å²) in [4.78, 5) is 16.9. The summed E-state index contributed by atoms with van der Waals surface area (Å²) >= 11 is 6.09. The highest BCUT2D eigenvalue weighted by atomic mass is 35.5. The average Bonchev–Trinajstić information content (AvgIpc) is 2.64. The van der Waals surface area contributed by atoms with Gasteiger partial charge in [-0.3, -0.25) is 9.69 Å². The first kappa shape index (κ1) is 17.5. The number of rotatable bonds is 5. The van der Waals surface area contributed by atoms with Crippen LogP contribution in [0.4, 0.5) is 0 Å². The third-order valence-corrected chi connectivity index (χ3v) is 5.14. The molecular weight excluding hydrogens is 326 g/mol. The van der Waals surface area contributed by atoms with Crippen LogP contribution in [0.25, 0.3) is 0 Å². The molecule has 5 nitrogen and oxygen atoms in total. The van der Waals surface area contributed by atoms with Crippen LogP contribution in [0.3, 0.4) is 0 Å². The molecule has 0 aliphatic carbocycles. The van der Waals surface area contributed by atoms with Crippen molar-refractivity contribution in [2.45, 2.75) is 12.8 Å². The number of carbonyl (C=O) groups is 1. The van der Waals surface area contributed by atoms with Crippen LogP contribution in [0, 0.1) is 5.92 Å². The van der Waals surface area contributed by atoms with Gasteiger partial charge in [-0.1, -0.05) is 23.7 Å². The zero-order valence-electron chi connectivity index (χ0n) is 14.0. The fourth-order valence-corrected chi connectivity index (χ4v) is 3.55. The Kier molecular flexibility index (Phi) is 6.35. The van der Waals surface area contributed by atoms with E-state index in [9.17, 15) is 4.79 Å². The first-order valence-corrected chi connectivity index (χ1v) is 9.21. The number of nitrogens with zero attached hydrogens (tertiary/aromatic N) is 2. The molecule has 2 aliphatic heterocycles. The summed E-state index contributed by atoms with van der Waals surface area (Å²) in [5.74, 6) is 1.24. The van der Waals surface area contributed by atoms with Crippen molar-refractivity contribution < 1.29 is 9.53 Å². The Morgan fingerprint density at radius 3 is 2.75 bits per heavy atom. The third kappa shape index (κ3) is 4.62. The minimum absolute atomic E-state index is 0.175. The number of hydrogen-bond donors (Lipinski definition) is 1. The molecule has 2 aliphatic rings. The smallest absolute Gasteiger partial charge is 0.227 e. The van der Waals surface area contributed by atoms with Gasteiger partial charge in [-0.25, -0.2) is 0 Å². The second-order valence-corrected chi connectivity index (χ2v) is 6.90. The van der Waals surface area contributed by atoms with Crippen molar-refractivity contribution in [1.82, 2.24) is 15.1 Å². The summed E-state index contributed by atoms with van der Waals surface area (Å²) < 4.78 is 5.75. The summed E-state index contributed by atoms with van der Waals surface area (Å²) in [5, 5.41) is 3.97. The molecule has 0 saturated carbocycles. The van der Waals surface area contributed by atoms with Crippen molar-refractivity contribution in [2.75, 3.05) is 52.4 Å². The maximum atomic E-state index is 12.5. The fraction of sp³-hybridized carbons (Fsp3) is 0.611. The SMILES string of the molecule is O=C(C1CCCNC1)N1CCN(CCOc2ccccc2Cl)CC1. The van der Waals surface area contributed by atoms with E-state index in [4.69, 9.17) is 16.3 Å². The zero-order valence-corrected chi connectivity index (χ0v) is 14.8. The quantitative estimate of drug-likeness (QED) is 0.879. The first-order valence-electron chi connectivity index (χ1n) is 8.83. The lowest BCUT2D eigenvalue weighted by Gasteiger charge is -2.37. The van der Waals surface area contributed by atoms with Gasteiger partial charge in [-0.15, -0.1) is 0 Å². The summed E-state index contributed by atoms with van der Waals surface area (Å²) in [6, 6.07) is 7.54. The number of carbonyl (C=O) groups excluding carboxylic acids is 1. The third-order valence-electron chi connectivity index (χ3n) is 4.83. The van der Waals surface area contributed by atoms with Gasteiger partial charge in [0.25, 0.3) is 0 Å². The van der Waals surface area contributed by atoms with Crippen LogP contribution in [0.2, 0.25) is 5.02 Å². The van der Waals surface area contributed by atoms with Crippen molar-refractivity contribution in [1.29, 1.82) is 0 Å². The summed E-state index contributed by atoms with van der Waals surface area (Å²) in [6.07, 6.45) is 2.13. The van der Waals surface area contributed by atoms with Gasteiger partial charge in [0.1, 0.15) is 12.4 Å². The van der Waals surface area contributed by atoms with Crippen LogP contribution in [0.15, 0.2) is 24.3 Å². The van der Waals surface area contributed by atoms with E-state index >= 15 is 0 Å². The number of amides is 1. The van der Waals surface area contributed by atoms with Gasteiger partial charge >= 0.3 is 0 Å². The van der Waals surface area contributed by atoms with E-state index in [1.807, 2.05) is 29.2 Å². The van der Waals surface area contributed by atoms with E-state index in [0.29, 0.717) is 17.5 Å². The summed E-state index contributed by atoms with van der Waals surface area (Å²) in [5.41, 5.74) is 0. The van der Waals surface area contributed by atoms with E-state index < -0.39 is 0 Å². The van der Waals surface area contributed by atoms with Crippen molar-refractivity contribution >= 4 is 17.5 Å². The van der Waals surface area contributed by atoms with Gasteiger partial charge in [0.05, 0.1) is 10.9 Å². The summed E-state index contributed by atoms with van der Waals surface area (Å²) in [7, 11) is 0. The maximum absolute atomic E-state index is 12.5.